The number of ether oxygens (including phenoxy) is 2. The summed E-state index contributed by atoms with van der Waals surface area (Å²) in [7, 11) is 1.61. The molecule has 112 valence electrons. The van der Waals surface area contributed by atoms with Crippen LogP contribution in [0.2, 0.25) is 0 Å². The third kappa shape index (κ3) is 5.14. The quantitative estimate of drug-likeness (QED) is 0.770. The number of nitrogens with zero attached hydrogens (tertiary/aromatic N) is 1. The highest BCUT2D eigenvalue weighted by Gasteiger charge is 2.27. The van der Waals surface area contributed by atoms with Gasteiger partial charge in [-0.15, -0.1) is 0 Å². The van der Waals surface area contributed by atoms with E-state index in [0.29, 0.717) is 24.8 Å². The van der Waals surface area contributed by atoms with Crippen molar-refractivity contribution in [3.8, 4) is 5.88 Å². The Hall–Kier alpha value is -1.66. The number of hydrogen-bond donors (Lipinski definition) is 2. The summed E-state index contributed by atoms with van der Waals surface area (Å²) in [5.41, 5.74) is 6.18. The summed E-state index contributed by atoms with van der Waals surface area (Å²) in [5, 5.41) is 2.74. The third-order valence-electron chi connectivity index (χ3n) is 2.76. The van der Waals surface area contributed by atoms with Crippen molar-refractivity contribution in [3.05, 3.63) is 18.3 Å². The predicted octanol–water partition coefficient (Wildman–Crippen LogP) is 1.42. The molecule has 6 heteroatoms. The van der Waals surface area contributed by atoms with Crippen molar-refractivity contribution in [2.24, 2.45) is 11.1 Å². The molecule has 1 aromatic rings. The summed E-state index contributed by atoms with van der Waals surface area (Å²) in [6, 6.07) is 2.83. The van der Waals surface area contributed by atoms with Crippen molar-refractivity contribution in [1.82, 2.24) is 4.98 Å². The minimum Gasteiger partial charge on any atom is -0.475 e. The first-order chi connectivity index (χ1) is 9.34. The first-order valence-electron chi connectivity index (χ1n) is 6.49. The fourth-order valence-corrected chi connectivity index (χ4v) is 1.38. The highest BCUT2D eigenvalue weighted by atomic mass is 16.5. The van der Waals surface area contributed by atoms with Gasteiger partial charge in [0.25, 0.3) is 0 Å². The van der Waals surface area contributed by atoms with E-state index in [1.54, 1.807) is 19.2 Å². The van der Waals surface area contributed by atoms with Gasteiger partial charge in [-0.1, -0.05) is 20.8 Å². The Bertz CT molecular complexity index is 426. The number of anilines is 1. The monoisotopic (exact) mass is 281 g/mol. The highest BCUT2D eigenvalue weighted by molar-refractivity contribution is 5.95. The molecular formula is C14H23N3O3. The van der Waals surface area contributed by atoms with Gasteiger partial charge in [-0.05, 0) is 11.5 Å². The molecule has 0 aliphatic heterocycles. The maximum absolute atomic E-state index is 11.9. The lowest BCUT2D eigenvalue weighted by atomic mass is 9.87. The van der Waals surface area contributed by atoms with E-state index in [-0.39, 0.29) is 11.3 Å². The summed E-state index contributed by atoms with van der Waals surface area (Å²) < 4.78 is 10.2. The van der Waals surface area contributed by atoms with Gasteiger partial charge in [0, 0.05) is 13.2 Å². The maximum atomic E-state index is 11.9. The molecule has 1 heterocycles. The molecule has 0 spiro atoms. The van der Waals surface area contributed by atoms with Gasteiger partial charge < -0.3 is 20.5 Å². The zero-order valence-electron chi connectivity index (χ0n) is 12.5. The molecule has 0 aromatic carbocycles. The van der Waals surface area contributed by atoms with Crippen molar-refractivity contribution in [1.29, 1.82) is 0 Å². The van der Waals surface area contributed by atoms with E-state index < -0.39 is 6.04 Å². The van der Waals surface area contributed by atoms with Crippen molar-refractivity contribution in [3.63, 3.8) is 0 Å². The van der Waals surface area contributed by atoms with E-state index >= 15 is 0 Å². The van der Waals surface area contributed by atoms with Crippen LogP contribution in [0.4, 0.5) is 5.69 Å². The highest BCUT2D eigenvalue weighted by Crippen LogP contribution is 2.19. The van der Waals surface area contributed by atoms with E-state index in [2.05, 4.69) is 10.3 Å². The van der Waals surface area contributed by atoms with E-state index in [1.165, 1.54) is 6.20 Å². The summed E-state index contributed by atoms with van der Waals surface area (Å²) in [5.74, 6) is 0.257. The number of carbonyl (C=O) groups excluding carboxylic acids is 1. The topological polar surface area (TPSA) is 86.5 Å². The molecular weight excluding hydrogens is 258 g/mol. The van der Waals surface area contributed by atoms with Gasteiger partial charge in [0.2, 0.25) is 11.8 Å². The number of nitrogens with two attached hydrogens (primary N) is 1. The third-order valence-corrected chi connectivity index (χ3v) is 2.76. The average Bonchev–Trinajstić information content (AvgIpc) is 2.39. The number of amides is 1. The zero-order valence-corrected chi connectivity index (χ0v) is 12.5. The normalized spacial score (nSPS) is 12.8. The second kappa shape index (κ2) is 7.21. The number of hydrogen-bond acceptors (Lipinski definition) is 5. The minimum absolute atomic E-state index is 0.229. The number of rotatable bonds is 6. The van der Waals surface area contributed by atoms with Crippen LogP contribution in [0.5, 0.6) is 5.88 Å². The maximum Gasteiger partial charge on any atom is 0.241 e. The van der Waals surface area contributed by atoms with Gasteiger partial charge in [-0.25, -0.2) is 4.98 Å². The van der Waals surface area contributed by atoms with E-state index in [0.717, 1.165) is 0 Å². The Balaban J connectivity index is 2.55. The molecule has 0 saturated heterocycles. The SMILES string of the molecule is COCCOc1ccc(NC(=O)C(N)C(C)(C)C)cn1. The molecule has 1 aromatic heterocycles. The molecule has 3 N–H and O–H groups in total. The van der Waals surface area contributed by atoms with Gasteiger partial charge >= 0.3 is 0 Å². The lowest BCUT2D eigenvalue weighted by Crippen LogP contribution is -2.45. The van der Waals surface area contributed by atoms with Crippen LogP contribution < -0.4 is 15.8 Å². The Labute approximate surface area is 119 Å². The first kappa shape index (κ1) is 16.4. The van der Waals surface area contributed by atoms with Crippen LogP contribution in [0.1, 0.15) is 20.8 Å². The van der Waals surface area contributed by atoms with Crippen LogP contribution in [-0.4, -0.2) is 37.3 Å². The van der Waals surface area contributed by atoms with Crippen molar-refractivity contribution in [2.45, 2.75) is 26.8 Å². The first-order valence-corrected chi connectivity index (χ1v) is 6.49. The second-order valence-electron chi connectivity index (χ2n) is 5.56. The second-order valence-corrected chi connectivity index (χ2v) is 5.56. The van der Waals surface area contributed by atoms with Crippen LogP contribution in [0.3, 0.4) is 0 Å². The van der Waals surface area contributed by atoms with Crippen LogP contribution in [0.15, 0.2) is 18.3 Å². The predicted molar refractivity (Wildman–Crippen MR) is 77.7 cm³/mol. The van der Waals surface area contributed by atoms with Crippen LogP contribution in [-0.2, 0) is 9.53 Å². The fourth-order valence-electron chi connectivity index (χ4n) is 1.38. The number of pyridine rings is 1. The molecule has 1 amide bonds. The number of aromatic nitrogens is 1. The van der Waals surface area contributed by atoms with E-state index in [4.69, 9.17) is 15.2 Å². The Morgan fingerprint density at radius 2 is 2.10 bits per heavy atom. The molecule has 0 saturated carbocycles. The average molecular weight is 281 g/mol. The van der Waals surface area contributed by atoms with Gasteiger partial charge in [0.15, 0.2) is 0 Å². The molecule has 1 atom stereocenters. The number of carbonyl (C=O) groups is 1. The molecule has 0 fully saturated rings. The number of nitrogens with one attached hydrogen (secondary N) is 1. The van der Waals surface area contributed by atoms with E-state index in [1.807, 2.05) is 20.8 Å². The standard InChI is InChI=1S/C14H23N3O3/c1-14(2,3)12(15)13(18)17-10-5-6-11(16-9-10)20-8-7-19-4/h5-6,9,12H,7-8,15H2,1-4H3,(H,17,18). The molecule has 0 bridgehead atoms. The van der Waals surface area contributed by atoms with Gasteiger partial charge in [-0.2, -0.15) is 0 Å². The summed E-state index contributed by atoms with van der Waals surface area (Å²) >= 11 is 0. The van der Waals surface area contributed by atoms with Crippen LogP contribution in [0.25, 0.3) is 0 Å². The fraction of sp³-hybridized carbons (Fsp3) is 0.571. The number of methoxy groups -OCH3 is 1. The summed E-state index contributed by atoms with van der Waals surface area (Å²) in [4.78, 5) is 16.0. The summed E-state index contributed by atoms with van der Waals surface area (Å²) in [6.45, 7) is 6.69. The van der Waals surface area contributed by atoms with Crippen LogP contribution >= 0.6 is 0 Å². The Morgan fingerprint density at radius 1 is 1.40 bits per heavy atom. The van der Waals surface area contributed by atoms with Gasteiger partial charge in [0.1, 0.15) is 6.61 Å². The van der Waals surface area contributed by atoms with Gasteiger partial charge in [0.05, 0.1) is 24.5 Å². The molecule has 20 heavy (non-hydrogen) atoms. The van der Waals surface area contributed by atoms with Crippen molar-refractivity contribution >= 4 is 11.6 Å². The lowest BCUT2D eigenvalue weighted by Gasteiger charge is -2.25. The zero-order chi connectivity index (χ0) is 15.2. The molecule has 1 rings (SSSR count). The summed E-state index contributed by atoms with van der Waals surface area (Å²) in [6.07, 6.45) is 1.54. The smallest absolute Gasteiger partial charge is 0.241 e. The Morgan fingerprint density at radius 3 is 2.60 bits per heavy atom. The molecule has 0 radical (unpaired) electrons. The van der Waals surface area contributed by atoms with Gasteiger partial charge in [-0.3, -0.25) is 4.79 Å². The van der Waals surface area contributed by atoms with Crippen molar-refractivity contribution in [2.75, 3.05) is 25.6 Å². The largest absolute Gasteiger partial charge is 0.475 e. The lowest BCUT2D eigenvalue weighted by molar-refractivity contribution is -0.119. The minimum atomic E-state index is -0.583. The molecule has 1 unspecified atom stereocenters. The van der Waals surface area contributed by atoms with Crippen LogP contribution in [0, 0.1) is 5.41 Å². The molecule has 0 aliphatic rings. The molecule has 6 nitrogen and oxygen atoms in total. The molecule has 0 aliphatic carbocycles. The van der Waals surface area contributed by atoms with E-state index in [9.17, 15) is 4.79 Å². The Kier molecular flexibility index (Phi) is 5.91. The van der Waals surface area contributed by atoms with Crippen molar-refractivity contribution < 1.29 is 14.3 Å².